The maximum atomic E-state index is 13.9. The average Bonchev–Trinajstić information content (AvgIpc) is 3.33. The number of phenolic OH excluding ortho intramolecular Hbond substituents is 1. The Hall–Kier alpha value is -4.59. The topological polar surface area (TPSA) is 195 Å². The van der Waals surface area contributed by atoms with Gasteiger partial charge in [0, 0.05) is 61.8 Å². The van der Waals surface area contributed by atoms with Crippen LogP contribution in [0.5, 0.6) is 11.5 Å². The third-order valence-electron chi connectivity index (χ3n) is 9.80. The summed E-state index contributed by atoms with van der Waals surface area (Å²) >= 11 is 0. The molecule has 0 fully saturated rings. The number of ketones is 3. The molecule has 5 rings (SSSR count). The Morgan fingerprint density at radius 3 is 2.22 bits per heavy atom. The maximum Gasteiger partial charge on any atom is 0.312 e. The van der Waals surface area contributed by atoms with Crippen LogP contribution in [0.4, 0.5) is 0 Å². The van der Waals surface area contributed by atoms with Crippen LogP contribution in [-0.4, -0.2) is 81.9 Å². The molecule has 1 amide bonds. The number of allylic oxidation sites excluding steroid dienone is 4. The second-order valence-corrected chi connectivity index (χ2v) is 13.4. The van der Waals surface area contributed by atoms with Gasteiger partial charge in [0.15, 0.2) is 5.78 Å². The Balaban J connectivity index is 1.83. The molecule has 9 unspecified atom stereocenters. The van der Waals surface area contributed by atoms with Crippen LogP contribution in [0.2, 0.25) is 0 Å². The first kappa shape index (κ1) is 38.2. The lowest BCUT2D eigenvalue weighted by atomic mass is 9.78. The quantitative estimate of drug-likeness (QED) is 0.329. The van der Waals surface area contributed by atoms with Crippen LogP contribution in [0.25, 0.3) is 0 Å². The van der Waals surface area contributed by atoms with Gasteiger partial charge in [0.1, 0.15) is 17.6 Å². The van der Waals surface area contributed by atoms with Crippen LogP contribution in [0.1, 0.15) is 85.1 Å². The first-order valence-electron chi connectivity index (χ1n) is 16.4. The van der Waals surface area contributed by atoms with Crippen LogP contribution in [0.15, 0.2) is 47.9 Å². The van der Waals surface area contributed by atoms with E-state index in [1.807, 2.05) is 0 Å². The van der Waals surface area contributed by atoms with Gasteiger partial charge in [-0.3, -0.25) is 24.0 Å². The van der Waals surface area contributed by atoms with Gasteiger partial charge < -0.3 is 39.6 Å². The van der Waals surface area contributed by atoms with Gasteiger partial charge in [-0.15, -0.1) is 0 Å². The number of hydrogen-bond donors (Lipinski definition) is 4. The van der Waals surface area contributed by atoms with E-state index < -0.39 is 100 Å². The van der Waals surface area contributed by atoms with Crippen LogP contribution in [0.3, 0.4) is 0 Å². The molecular weight excluding hydrogens is 650 g/mol. The fourth-order valence-electron chi connectivity index (χ4n) is 6.62. The van der Waals surface area contributed by atoms with Gasteiger partial charge >= 0.3 is 11.8 Å². The molecule has 3 aliphatic heterocycles. The Morgan fingerprint density at radius 1 is 0.940 bits per heavy atom. The van der Waals surface area contributed by atoms with Crippen molar-refractivity contribution in [2.45, 2.75) is 85.6 Å². The molecule has 9 atom stereocenters. The third-order valence-corrected chi connectivity index (χ3v) is 9.80. The largest absolute Gasteiger partial charge is 0.507 e. The fraction of sp³-hybridized carbons (Fsp3) is 0.486. The minimum Gasteiger partial charge on any atom is -0.507 e. The summed E-state index contributed by atoms with van der Waals surface area (Å²) < 4.78 is 23.1. The summed E-state index contributed by atoms with van der Waals surface area (Å²) in [6, 6.07) is 0. The smallest absolute Gasteiger partial charge is 0.312 e. The number of hydrogen-bond acceptors (Lipinski definition) is 12. The zero-order chi connectivity index (χ0) is 37.4. The van der Waals surface area contributed by atoms with Crippen LogP contribution >= 0.6 is 0 Å². The summed E-state index contributed by atoms with van der Waals surface area (Å²) in [6.45, 7) is 12.3. The molecule has 4 aliphatic rings. The van der Waals surface area contributed by atoms with E-state index in [2.05, 4.69) is 5.32 Å². The van der Waals surface area contributed by atoms with Gasteiger partial charge in [-0.05, 0) is 19.9 Å². The standard InChI is InChI=1S/C37H45NO12/c1-16-11-10-12-17(2)36(46)38-23-15-24(40)26-27(32(23)44)31(43)21(6)34-28(26)35(45)37(8,50-34)48-14-13-25(47-9)18(3)33(49-22(7)39)20(5)30(42)19(4)29(16)41/h10-16,18-20,25,29-30,33,41-43H,1-9H3,(H,38,46)/b11-10+,14-13-,17-12-. The van der Waals surface area contributed by atoms with Crippen molar-refractivity contribution in [3.05, 3.63) is 70.2 Å². The number of amides is 1. The number of aromatic hydroxyl groups is 1. The average molecular weight is 696 g/mol. The maximum absolute atomic E-state index is 13.9. The van der Waals surface area contributed by atoms with Crippen molar-refractivity contribution in [2.75, 3.05) is 7.11 Å². The predicted octanol–water partition coefficient (Wildman–Crippen LogP) is 3.63. The summed E-state index contributed by atoms with van der Waals surface area (Å²) in [6.07, 6.45) is 4.31. The monoisotopic (exact) mass is 695 g/mol. The molecule has 0 saturated heterocycles. The number of nitrogens with one attached hydrogen (secondary N) is 1. The lowest BCUT2D eigenvalue weighted by molar-refractivity contribution is -0.160. The van der Waals surface area contributed by atoms with E-state index in [0.717, 1.165) is 12.3 Å². The molecule has 13 heteroatoms. The highest BCUT2D eigenvalue weighted by Crippen LogP contribution is 2.47. The summed E-state index contributed by atoms with van der Waals surface area (Å²) in [7, 11) is 1.42. The summed E-state index contributed by atoms with van der Waals surface area (Å²) in [4.78, 5) is 66.2. The van der Waals surface area contributed by atoms with Crippen LogP contribution in [-0.2, 0) is 23.8 Å². The Morgan fingerprint density at radius 2 is 1.60 bits per heavy atom. The zero-order valence-corrected chi connectivity index (χ0v) is 29.6. The molecule has 50 heavy (non-hydrogen) atoms. The normalized spacial score (nSPS) is 34.5. The van der Waals surface area contributed by atoms with Crippen molar-refractivity contribution in [3.63, 3.8) is 0 Å². The number of carbonyl (C=O) groups is 5. The molecule has 5 bridgehead atoms. The number of benzene rings is 1. The van der Waals surface area contributed by atoms with Crippen molar-refractivity contribution in [2.24, 2.45) is 23.7 Å². The SMILES string of the molecule is COC1/C=C\OC2(C)Oc3c(C)c(O)c4c(c3C2=O)C(=O)C=C(NC(=O)/C(C)=C\C=C\C(C)C(O)C(C)C(O)C(C)C(OC(C)=O)C1C)C4=O. The van der Waals surface area contributed by atoms with E-state index >= 15 is 0 Å². The van der Waals surface area contributed by atoms with E-state index in [1.54, 1.807) is 39.8 Å². The molecule has 270 valence electrons. The van der Waals surface area contributed by atoms with E-state index in [0.29, 0.717) is 0 Å². The molecule has 1 aromatic rings. The Labute approximate surface area is 290 Å². The van der Waals surface area contributed by atoms with Gasteiger partial charge in [-0.25, -0.2) is 0 Å². The number of esters is 1. The van der Waals surface area contributed by atoms with Gasteiger partial charge in [0.2, 0.25) is 5.78 Å². The lowest BCUT2D eigenvalue weighted by Crippen LogP contribution is -2.46. The molecule has 1 aromatic carbocycles. The number of aliphatic hydroxyl groups excluding tert-OH is 2. The molecule has 0 aromatic heterocycles. The van der Waals surface area contributed by atoms with Crippen LogP contribution in [0, 0.1) is 30.6 Å². The van der Waals surface area contributed by atoms with E-state index in [9.17, 15) is 39.3 Å². The molecule has 4 N–H and O–H groups in total. The highest BCUT2D eigenvalue weighted by atomic mass is 16.7. The first-order valence-corrected chi connectivity index (χ1v) is 16.4. The second-order valence-electron chi connectivity index (χ2n) is 13.4. The number of fused-ring (bicyclic) bond motifs is 14. The molecule has 0 radical (unpaired) electrons. The van der Waals surface area contributed by atoms with Gasteiger partial charge in [-0.2, -0.15) is 0 Å². The van der Waals surface area contributed by atoms with Crippen molar-refractivity contribution in [1.29, 1.82) is 0 Å². The number of aliphatic hydroxyl groups is 2. The summed E-state index contributed by atoms with van der Waals surface area (Å²) in [5, 5.41) is 36.1. The zero-order valence-electron chi connectivity index (χ0n) is 29.6. The van der Waals surface area contributed by atoms with Crippen LogP contribution < -0.4 is 10.1 Å². The molecule has 0 spiro atoms. The highest BCUT2D eigenvalue weighted by Gasteiger charge is 2.51. The number of rotatable bonds is 2. The summed E-state index contributed by atoms with van der Waals surface area (Å²) in [5.74, 6) is -8.99. The molecular formula is C37H45NO12. The minimum absolute atomic E-state index is 0.00885. The van der Waals surface area contributed by atoms with E-state index in [4.69, 9.17) is 18.9 Å². The molecule has 13 nitrogen and oxygen atoms in total. The number of phenols is 1. The number of ether oxygens (including phenoxy) is 4. The van der Waals surface area contributed by atoms with Gasteiger partial charge in [-0.1, -0.05) is 45.9 Å². The first-order chi connectivity index (χ1) is 23.4. The van der Waals surface area contributed by atoms with Crippen molar-refractivity contribution >= 4 is 29.2 Å². The fourth-order valence-corrected chi connectivity index (χ4v) is 6.62. The molecule has 0 saturated carbocycles. The Bertz CT molecular complexity index is 1720. The number of methoxy groups -OCH3 is 1. The van der Waals surface area contributed by atoms with Crippen molar-refractivity contribution in [1.82, 2.24) is 5.32 Å². The van der Waals surface area contributed by atoms with Crippen molar-refractivity contribution in [3.8, 4) is 11.5 Å². The number of carbonyl (C=O) groups excluding carboxylic acids is 5. The number of Topliss-reactive ketones (excluding diaryl/α,β-unsaturated/α-hetero) is 2. The van der Waals surface area contributed by atoms with Crippen molar-refractivity contribution < 1.29 is 58.2 Å². The Kier molecular flexibility index (Phi) is 11.2. The third kappa shape index (κ3) is 7.03. The minimum atomic E-state index is -2.03. The lowest BCUT2D eigenvalue weighted by Gasteiger charge is -2.38. The molecule has 3 heterocycles. The predicted molar refractivity (Wildman–Crippen MR) is 179 cm³/mol. The van der Waals surface area contributed by atoms with E-state index in [1.165, 1.54) is 47.0 Å². The molecule has 1 aliphatic carbocycles. The summed E-state index contributed by atoms with van der Waals surface area (Å²) in [5.41, 5.74) is -1.31. The van der Waals surface area contributed by atoms with E-state index in [-0.39, 0.29) is 28.0 Å². The van der Waals surface area contributed by atoms with Gasteiger partial charge in [0.25, 0.3) is 11.7 Å². The second kappa shape index (κ2) is 14.7. The highest BCUT2D eigenvalue weighted by molar-refractivity contribution is 6.30. The van der Waals surface area contributed by atoms with Gasteiger partial charge in [0.05, 0.1) is 47.0 Å².